The van der Waals surface area contributed by atoms with Crippen LogP contribution in [0.25, 0.3) is 0 Å². The zero-order valence-electron chi connectivity index (χ0n) is 13.9. The molecule has 0 radical (unpaired) electrons. The van der Waals surface area contributed by atoms with Crippen LogP contribution in [0.4, 0.5) is 0 Å². The second kappa shape index (κ2) is 6.77. The monoisotopic (exact) mass is 323 g/mol. The molecule has 0 aliphatic carbocycles. The molecule has 1 aromatic rings. The molecule has 0 spiro atoms. The van der Waals surface area contributed by atoms with E-state index < -0.39 is 0 Å². The maximum absolute atomic E-state index is 12.7. The molecule has 2 N–H and O–H groups in total. The normalized spacial score (nSPS) is 19.5. The van der Waals surface area contributed by atoms with Crippen LogP contribution >= 0.6 is 11.8 Å². The van der Waals surface area contributed by atoms with E-state index in [-0.39, 0.29) is 23.9 Å². The Balaban J connectivity index is 2.12. The molecule has 2 heterocycles. The van der Waals surface area contributed by atoms with Gasteiger partial charge in [0.05, 0.1) is 5.88 Å². The second-order valence-electron chi connectivity index (χ2n) is 6.34. The number of aromatic nitrogens is 1. The van der Waals surface area contributed by atoms with E-state index in [0.717, 1.165) is 11.3 Å². The fourth-order valence-electron chi connectivity index (χ4n) is 2.44. The lowest BCUT2D eigenvalue weighted by Gasteiger charge is -2.25. The van der Waals surface area contributed by atoms with Crippen molar-refractivity contribution in [2.45, 2.75) is 46.7 Å². The van der Waals surface area contributed by atoms with Crippen molar-refractivity contribution in [2.75, 3.05) is 11.6 Å². The number of hydrogen-bond acceptors (Lipinski definition) is 3. The Labute approximate surface area is 136 Å². The summed E-state index contributed by atoms with van der Waals surface area (Å²) in [5.74, 6) is 1.44. The molecule has 122 valence electrons. The summed E-state index contributed by atoms with van der Waals surface area (Å²) in [5, 5.41) is 3.02. The highest BCUT2D eigenvalue weighted by molar-refractivity contribution is 7.99. The Morgan fingerprint density at radius 2 is 2.05 bits per heavy atom. The van der Waals surface area contributed by atoms with Gasteiger partial charge in [-0.1, -0.05) is 13.8 Å². The van der Waals surface area contributed by atoms with Crippen LogP contribution in [0.1, 0.15) is 42.5 Å². The van der Waals surface area contributed by atoms with Gasteiger partial charge in [-0.2, -0.15) is 0 Å². The van der Waals surface area contributed by atoms with Gasteiger partial charge in [0.2, 0.25) is 5.91 Å². The summed E-state index contributed by atoms with van der Waals surface area (Å²) in [7, 11) is 0. The molecule has 0 unspecified atom stereocenters. The minimum atomic E-state index is -0.387. The van der Waals surface area contributed by atoms with Crippen molar-refractivity contribution >= 4 is 23.6 Å². The SMILES string of the molecule is Cc1cc(C)c(C(=O)N2CSC[C@H]2C(=O)N[C@@H](C)C(C)C)[nH]1. The van der Waals surface area contributed by atoms with Crippen LogP contribution in [0.2, 0.25) is 0 Å². The van der Waals surface area contributed by atoms with Gasteiger partial charge < -0.3 is 15.2 Å². The Hall–Kier alpha value is -1.43. The number of aromatic amines is 1. The highest BCUT2D eigenvalue weighted by atomic mass is 32.2. The molecule has 1 aliphatic heterocycles. The summed E-state index contributed by atoms with van der Waals surface area (Å²) in [4.78, 5) is 30.0. The Morgan fingerprint density at radius 3 is 2.59 bits per heavy atom. The first-order valence-corrected chi connectivity index (χ1v) is 8.82. The zero-order valence-corrected chi connectivity index (χ0v) is 14.7. The molecule has 2 atom stereocenters. The van der Waals surface area contributed by atoms with E-state index in [9.17, 15) is 9.59 Å². The highest BCUT2D eigenvalue weighted by Gasteiger charge is 2.36. The van der Waals surface area contributed by atoms with Gasteiger partial charge >= 0.3 is 0 Å². The van der Waals surface area contributed by atoms with Crippen LogP contribution in [-0.4, -0.2) is 45.4 Å². The third kappa shape index (κ3) is 3.48. The maximum atomic E-state index is 12.7. The number of carbonyl (C=O) groups is 2. The van der Waals surface area contributed by atoms with Crippen LogP contribution in [0.5, 0.6) is 0 Å². The Bertz CT molecular complexity index is 568. The minimum absolute atomic E-state index is 0.0551. The van der Waals surface area contributed by atoms with Gasteiger partial charge in [0, 0.05) is 17.5 Å². The molecule has 22 heavy (non-hydrogen) atoms. The standard InChI is InChI=1S/C16H25N3O2S/c1-9(2)12(5)18-15(20)13-7-22-8-19(13)16(21)14-10(3)6-11(4)17-14/h6,9,12-13,17H,7-8H2,1-5H3,(H,18,20)/t12-,13-/m0/s1. The fraction of sp³-hybridized carbons (Fsp3) is 0.625. The Kier molecular flexibility index (Phi) is 5.21. The largest absolute Gasteiger partial charge is 0.354 e. The van der Waals surface area contributed by atoms with Gasteiger partial charge in [-0.25, -0.2) is 0 Å². The minimum Gasteiger partial charge on any atom is -0.354 e. The molecule has 2 rings (SSSR count). The van der Waals surface area contributed by atoms with E-state index in [2.05, 4.69) is 24.1 Å². The van der Waals surface area contributed by atoms with Crippen molar-refractivity contribution in [2.24, 2.45) is 5.92 Å². The number of aryl methyl sites for hydroxylation is 2. The second-order valence-corrected chi connectivity index (χ2v) is 7.34. The molecule has 6 heteroatoms. The molecule has 0 bridgehead atoms. The van der Waals surface area contributed by atoms with Gasteiger partial charge in [0.1, 0.15) is 11.7 Å². The molecule has 1 aliphatic rings. The third-order valence-electron chi connectivity index (χ3n) is 4.18. The average molecular weight is 323 g/mol. The molecule has 1 saturated heterocycles. The van der Waals surface area contributed by atoms with Gasteiger partial charge in [0.15, 0.2) is 0 Å². The quantitative estimate of drug-likeness (QED) is 0.893. The van der Waals surface area contributed by atoms with E-state index in [1.165, 1.54) is 0 Å². The summed E-state index contributed by atoms with van der Waals surface area (Å²) in [6.45, 7) is 9.98. The van der Waals surface area contributed by atoms with Crippen LogP contribution in [0.15, 0.2) is 6.07 Å². The van der Waals surface area contributed by atoms with E-state index in [1.807, 2.05) is 26.8 Å². The number of nitrogens with one attached hydrogen (secondary N) is 2. The molecule has 0 saturated carbocycles. The van der Waals surface area contributed by atoms with E-state index in [0.29, 0.717) is 23.2 Å². The smallest absolute Gasteiger partial charge is 0.271 e. The Morgan fingerprint density at radius 1 is 1.36 bits per heavy atom. The van der Waals surface area contributed by atoms with Crippen LogP contribution in [0.3, 0.4) is 0 Å². The van der Waals surface area contributed by atoms with Crippen molar-refractivity contribution in [3.63, 3.8) is 0 Å². The van der Waals surface area contributed by atoms with Gasteiger partial charge in [-0.3, -0.25) is 9.59 Å². The summed E-state index contributed by atoms with van der Waals surface area (Å²) >= 11 is 1.62. The van der Waals surface area contributed by atoms with Crippen LogP contribution < -0.4 is 5.32 Å². The summed E-state index contributed by atoms with van der Waals surface area (Å²) in [5.41, 5.74) is 2.48. The highest BCUT2D eigenvalue weighted by Crippen LogP contribution is 2.24. The first-order chi connectivity index (χ1) is 10.3. The predicted molar refractivity (Wildman–Crippen MR) is 90.0 cm³/mol. The topological polar surface area (TPSA) is 65.2 Å². The predicted octanol–water partition coefficient (Wildman–Crippen LogP) is 2.31. The van der Waals surface area contributed by atoms with Crippen LogP contribution in [0, 0.1) is 19.8 Å². The van der Waals surface area contributed by atoms with Gasteiger partial charge in [0.25, 0.3) is 5.91 Å². The number of thioether (sulfide) groups is 1. The number of rotatable bonds is 4. The molecular formula is C16H25N3O2S. The number of nitrogens with zero attached hydrogens (tertiary/aromatic N) is 1. The average Bonchev–Trinajstić information content (AvgIpc) is 3.04. The van der Waals surface area contributed by atoms with Crippen molar-refractivity contribution in [3.8, 4) is 0 Å². The zero-order chi connectivity index (χ0) is 16.4. The lowest BCUT2D eigenvalue weighted by Crippen LogP contribution is -2.50. The van der Waals surface area contributed by atoms with E-state index in [4.69, 9.17) is 0 Å². The molecule has 2 amide bonds. The molecule has 5 nitrogen and oxygen atoms in total. The first-order valence-electron chi connectivity index (χ1n) is 7.66. The molecule has 1 aromatic heterocycles. The van der Waals surface area contributed by atoms with Crippen molar-refractivity contribution in [1.82, 2.24) is 15.2 Å². The number of H-pyrrole nitrogens is 1. The van der Waals surface area contributed by atoms with Gasteiger partial charge in [-0.05, 0) is 38.3 Å². The van der Waals surface area contributed by atoms with Crippen molar-refractivity contribution in [3.05, 3.63) is 23.0 Å². The molecular weight excluding hydrogens is 298 g/mol. The summed E-state index contributed by atoms with van der Waals surface area (Å²) in [6, 6.07) is 1.66. The number of hydrogen-bond donors (Lipinski definition) is 2. The van der Waals surface area contributed by atoms with Crippen LogP contribution in [-0.2, 0) is 4.79 Å². The maximum Gasteiger partial charge on any atom is 0.271 e. The number of carbonyl (C=O) groups excluding carboxylic acids is 2. The van der Waals surface area contributed by atoms with Crippen molar-refractivity contribution < 1.29 is 9.59 Å². The van der Waals surface area contributed by atoms with E-state index in [1.54, 1.807) is 16.7 Å². The molecule has 1 fully saturated rings. The van der Waals surface area contributed by atoms with E-state index >= 15 is 0 Å². The molecule has 0 aromatic carbocycles. The lowest BCUT2D eigenvalue weighted by molar-refractivity contribution is -0.125. The summed E-state index contributed by atoms with van der Waals surface area (Å²) < 4.78 is 0. The number of amides is 2. The fourth-order valence-corrected chi connectivity index (χ4v) is 3.60. The lowest BCUT2D eigenvalue weighted by atomic mass is 10.1. The third-order valence-corrected chi connectivity index (χ3v) is 5.19. The first kappa shape index (κ1) is 16.9. The van der Waals surface area contributed by atoms with Gasteiger partial charge in [-0.15, -0.1) is 11.8 Å². The van der Waals surface area contributed by atoms with Crippen molar-refractivity contribution in [1.29, 1.82) is 0 Å². The summed E-state index contributed by atoms with van der Waals surface area (Å²) in [6.07, 6.45) is 0.